The molecule has 2 aromatic carbocycles. The lowest BCUT2D eigenvalue weighted by Gasteiger charge is -1.99. The van der Waals surface area contributed by atoms with Gasteiger partial charge in [0, 0.05) is 0 Å². The highest BCUT2D eigenvalue weighted by Crippen LogP contribution is 2.02. The van der Waals surface area contributed by atoms with E-state index in [2.05, 4.69) is 4.79 Å². The monoisotopic (exact) mass is 362 g/mol. The topological polar surface area (TPSA) is 89.0 Å². The van der Waals surface area contributed by atoms with Crippen LogP contribution < -0.4 is 0 Å². The van der Waals surface area contributed by atoms with Crippen LogP contribution in [0, 0.1) is 0 Å². The van der Waals surface area contributed by atoms with Crippen LogP contribution in [0.1, 0.15) is 11.1 Å². The van der Waals surface area contributed by atoms with Gasteiger partial charge in [-0.25, -0.2) is 9.59 Å². The number of benzene rings is 2. The number of hydrogen-bond donors (Lipinski definition) is 0. The number of hydrogen-bond acceptors (Lipinski definition) is 4. The Labute approximate surface area is 157 Å². The minimum absolute atomic E-state index is 0.0755. The van der Waals surface area contributed by atoms with Crippen molar-refractivity contribution in [2.45, 2.75) is 0 Å². The maximum absolute atomic E-state index is 11.8. The van der Waals surface area contributed by atoms with Crippen molar-refractivity contribution < 1.29 is 23.9 Å². The minimum atomic E-state index is -1.06. The first-order valence-corrected chi connectivity index (χ1v) is 8.20. The van der Waals surface area contributed by atoms with E-state index in [0.29, 0.717) is 0 Å². The maximum Gasteiger partial charge on any atom is 0.482 e. The fourth-order valence-electron chi connectivity index (χ4n) is 2.05. The van der Waals surface area contributed by atoms with Crippen molar-refractivity contribution in [1.82, 2.24) is 0 Å². The molecule has 0 bridgehead atoms. The summed E-state index contributed by atoms with van der Waals surface area (Å²) in [5.41, 5.74) is 9.96. The SMILES string of the molecule is [N-]=[N+]=C(C(=O)OC/C=C\c1ccccc1)C(=O)OC/C=C\c1ccccc1. The second kappa shape index (κ2) is 11.0. The largest absolute Gasteiger partial charge is 0.482 e. The van der Waals surface area contributed by atoms with Crippen LogP contribution in [0.4, 0.5) is 0 Å². The van der Waals surface area contributed by atoms with E-state index < -0.39 is 17.7 Å². The second-order valence-electron chi connectivity index (χ2n) is 5.27. The summed E-state index contributed by atoms with van der Waals surface area (Å²) in [7, 11) is 0. The second-order valence-corrected chi connectivity index (χ2v) is 5.27. The van der Waals surface area contributed by atoms with E-state index in [1.165, 1.54) is 0 Å². The van der Waals surface area contributed by atoms with Gasteiger partial charge < -0.3 is 15.0 Å². The van der Waals surface area contributed by atoms with Crippen LogP contribution in [0.25, 0.3) is 17.7 Å². The Bertz CT molecular complexity index is 800. The first kappa shape index (κ1) is 19.6. The molecule has 0 saturated carbocycles. The van der Waals surface area contributed by atoms with E-state index in [0.717, 1.165) is 11.1 Å². The van der Waals surface area contributed by atoms with Gasteiger partial charge in [0.25, 0.3) is 0 Å². The molecular formula is C21H18N2O4. The molecule has 0 aliphatic carbocycles. The number of carbonyl (C=O) groups excluding carboxylic acids is 2. The molecule has 0 spiro atoms. The molecule has 0 aliphatic heterocycles. The van der Waals surface area contributed by atoms with Gasteiger partial charge in [0.2, 0.25) is 0 Å². The third kappa shape index (κ3) is 6.94. The Morgan fingerprint density at radius 3 is 1.56 bits per heavy atom. The molecular weight excluding hydrogens is 344 g/mol. The standard InChI is InChI=1S/C21H18N2O4/c22-23-19(20(24)26-15-7-13-17-9-3-1-4-10-17)21(25)27-16-8-14-18-11-5-2-6-12-18/h1-14H,15-16H2/b13-7-,14-8-. The first-order chi connectivity index (χ1) is 13.2. The Morgan fingerprint density at radius 2 is 1.19 bits per heavy atom. The van der Waals surface area contributed by atoms with Crippen molar-refractivity contribution in [2.75, 3.05) is 13.2 Å². The summed E-state index contributed by atoms with van der Waals surface area (Å²) in [6.45, 7) is -0.151. The lowest BCUT2D eigenvalue weighted by molar-refractivity contribution is -0.147. The molecule has 0 amide bonds. The van der Waals surface area contributed by atoms with E-state index in [1.807, 2.05) is 60.7 Å². The predicted octanol–water partition coefficient (Wildman–Crippen LogP) is 3.17. The maximum atomic E-state index is 11.8. The quantitative estimate of drug-likeness (QED) is 0.237. The van der Waals surface area contributed by atoms with E-state index in [9.17, 15) is 9.59 Å². The normalized spacial score (nSPS) is 10.5. The lowest BCUT2D eigenvalue weighted by Crippen LogP contribution is -2.29. The predicted molar refractivity (Wildman–Crippen MR) is 101 cm³/mol. The number of rotatable bonds is 8. The summed E-state index contributed by atoms with van der Waals surface area (Å²) in [4.78, 5) is 26.3. The highest BCUT2D eigenvalue weighted by atomic mass is 16.6. The van der Waals surface area contributed by atoms with Gasteiger partial charge in [0.15, 0.2) is 0 Å². The first-order valence-electron chi connectivity index (χ1n) is 8.20. The molecule has 27 heavy (non-hydrogen) atoms. The molecule has 0 fully saturated rings. The van der Waals surface area contributed by atoms with Crippen molar-refractivity contribution in [1.29, 1.82) is 0 Å². The third-order valence-corrected chi connectivity index (χ3v) is 3.33. The summed E-state index contributed by atoms with van der Waals surface area (Å²) in [6.07, 6.45) is 6.73. The van der Waals surface area contributed by atoms with Gasteiger partial charge in [-0.15, -0.1) is 0 Å². The summed E-state index contributed by atoms with van der Waals surface area (Å²) in [6, 6.07) is 18.9. The van der Waals surface area contributed by atoms with Crippen LogP contribution in [0.3, 0.4) is 0 Å². The average molecular weight is 362 g/mol. The molecule has 6 heteroatoms. The molecule has 0 unspecified atom stereocenters. The van der Waals surface area contributed by atoms with Crippen LogP contribution in [0.2, 0.25) is 0 Å². The summed E-state index contributed by atoms with van der Waals surface area (Å²) < 4.78 is 9.76. The van der Waals surface area contributed by atoms with E-state index in [-0.39, 0.29) is 13.2 Å². The zero-order valence-corrected chi connectivity index (χ0v) is 14.5. The fraction of sp³-hybridized carbons (Fsp3) is 0.0952. The molecule has 0 radical (unpaired) electrons. The summed E-state index contributed by atoms with van der Waals surface area (Å²) in [5.74, 6) is -2.13. The van der Waals surface area contributed by atoms with Gasteiger partial charge in [-0.1, -0.05) is 72.8 Å². The third-order valence-electron chi connectivity index (χ3n) is 3.33. The van der Waals surface area contributed by atoms with Crippen LogP contribution in [-0.4, -0.2) is 35.7 Å². The van der Waals surface area contributed by atoms with Gasteiger partial charge in [0.05, 0.1) is 0 Å². The fourth-order valence-corrected chi connectivity index (χ4v) is 2.05. The molecule has 0 atom stereocenters. The van der Waals surface area contributed by atoms with Gasteiger partial charge in [-0.3, -0.25) is 0 Å². The van der Waals surface area contributed by atoms with Crippen molar-refractivity contribution in [3.05, 3.63) is 89.5 Å². The minimum Gasteiger partial charge on any atom is -0.452 e. The van der Waals surface area contributed by atoms with E-state index in [1.54, 1.807) is 24.3 Å². The average Bonchev–Trinajstić information content (AvgIpc) is 2.71. The molecule has 0 N–H and O–H groups in total. The van der Waals surface area contributed by atoms with Gasteiger partial charge >= 0.3 is 17.7 Å². The lowest BCUT2D eigenvalue weighted by atomic mass is 10.2. The summed E-state index contributed by atoms with van der Waals surface area (Å²) in [5, 5.41) is 0. The van der Waals surface area contributed by atoms with Crippen molar-refractivity contribution in [2.24, 2.45) is 0 Å². The Hall–Kier alpha value is -3.76. The van der Waals surface area contributed by atoms with Gasteiger partial charge in [0.1, 0.15) is 13.2 Å². The van der Waals surface area contributed by atoms with Crippen LogP contribution in [0.5, 0.6) is 0 Å². The summed E-state index contributed by atoms with van der Waals surface area (Å²) >= 11 is 0. The number of nitrogens with zero attached hydrogens (tertiary/aromatic N) is 2. The molecule has 0 saturated heterocycles. The van der Waals surface area contributed by atoms with Gasteiger partial charge in [-0.05, 0) is 23.3 Å². The van der Waals surface area contributed by atoms with Crippen molar-refractivity contribution in [3.63, 3.8) is 0 Å². The number of carbonyl (C=O) groups is 2. The smallest absolute Gasteiger partial charge is 0.452 e. The Morgan fingerprint density at radius 1 is 0.778 bits per heavy atom. The van der Waals surface area contributed by atoms with E-state index >= 15 is 0 Å². The molecule has 0 heterocycles. The zero-order chi connectivity index (χ0) is 19.3. The molecule has 136 valence electrons. The molecule has 6 nitrogen and oxygen atoms in total. The Balaban J connectivity index is 1.78. The van der Waals surface area contributed by atoms with Crippen molar-refractivity contribution >= 4 is 29.8 Å². The number of esters is 2. The van der Waals surface area contributed by atoms with Crippen LogP contribution in [-0.2, 0) is 19.1 Å². The molecule has 0 aromatic heterocycles. The van der Waals surface area contributed by atoms with Crippen LogP contribution in [0.15, 0.2) is 72.8 Å². The van der Waals surface area contributed by atoms with Gasteiger partial charge in [-0.2, -0.15) is 4.79 Å². The Kier molecular flexibility index (Phi) is 7.95. The molecule has 2 rings (SSSR count). The van der Waals surface area contributed by atoms with E-state index in [4.69, 9.17) is 15.0 Å². The van der Waals surface area contributed by atoms with Crippen LogP contribution >= 0.6 is 0 Å². The molecule has 0 aliphatic rings. The zero-order valence-electron chi connectivity index (χ0n) is 14.5. The number of ether oxygens (including phenoxy) is 2. The molecule has 2 aromatic rings. The highest BCUT2D eigenvalue weighted by Gasteiger charge is 2.32. The van der Waals surface area contributed by atoms with Crippen molar-refractivity contribution in [3.8, 4) is 0 Å². The highest BCUT2D eigenvalue weighted by molar-refractivity contribution is 6.60.